The summed E-state index contributed by atoms with van der Waals surface area (Å²) in [5, 5.41) is 2.48. The Kier molecular flexibility index (Phi) is 7.07. The SMILES string of the molecule is CC(C)(C)OC(=O)NCCOc1cc(C=O)cc(-c2cccc(C(F)(F)F)c2F)c1. The molecule has 0 aliphatic heterocycles. The number of benzene rings is 2. The summed E-state index contributed by atoms with van der Waals surface area (Å²) in [5.74, 6) is -1.30. The van der Waals surface area contributed by atoms with Gasteiger partial charge in [0.15, 0.2) is 0 Å². The third-order valence-corrected chi connectivity index (χ3v) is 3.72. The maximum Gasteiger partial charge on any atom is 0.419 e. The number of nitrogens with one attached hydrogen (secondary N) is 1. The first-order chi connectivity index (χ1) is 13.9. The lowest BCUT2D eigenvalue weighted by Crippen LogP contribution is -2.34. The lowest BCUT2D eigenvalue weighted by Gasteiger charge is -2.19. The highest BCUT2D eigenvalue weighted by Gasteiger charge is 2.35. The molecule has 9 heteroatoms. The van der Waals surface area contributed by atoms with Crippen LogP contribution in [-0.2, 0) is 10.9 Å². The molecule has 162 valence electrons. The highest BCUT2D eigenvalue weighted by molar-refractivity contribution is 5.80. The molecule has 0 saturated heterocycles. The van der Waals surface area contributed by atoms with Crippen molar-refractivity contribution < 1.29 is 36.6 Å². The first-order valence-corrected chi connectivity index (χ1v) is 8.97. The molecule has 1 N–H and O–H groups in total. The minimum Gasteiger partial charge on any atom is -0.492 e. The van der Waals surface area contributed by atoms with Crippen molar-refractivity contribution in [3.8, 4) is 16.9 Å². The number of carbonyl (C=O) groups excluding carboxylic acids is 2. The summed E-state index contributed by atoms with van der Waals surface area (Å²) in [4.78, 5) is 22.8. The summed E-state index contributed by atoms with van der Waals surface area (Å²) in [5.41, 5.74) is -2.23. The molecule has 2 rings (SSSR count). The van der Waals surface area contributed by atoms with Gasteiger partial charge < -0.3 is 14.8 Å². The van der Waals surface area contributed by atoms with E-state index in [2.05, 4.69) is 5.32 Å². The van der Waals surface area contributed by atoms with Crippen LogP contribution in [0.3, 0.4) is 0 Å². The maximum atomic E-state index is 14.4. The second-order valence-electron chi connectivity index (χ2n) is 7.35. The molecule has 0 fully saturated rings. The van der Waals surface area contributed by atoms with E-state index in [1.165, 1.54) is 24.3 Å². The van der Waals surface area contributed by atoms with Crippen molar-refractivity contribution in [1.29, 1.82) is 0 Å². The summed E-state index contributed by atoms with van der Waals surface area (Å²) in [7, 11) is 0. The van der Waals surface area contributed by atoms with Crippen LogP contribution in [0.4, 0.5) is 22.4 Å². The van der Waals surface area contributed by atoms with E-state index in [9.17, 15) is 27.2 Å². The smallest absolute Gasteiger partial charge is 0.419 e. The highest BCUT2D eigenvalue weighted by Crippen LogP contribution is 2.36. The fraction of sp³-hybridized carbons (Fsp3) is 0.333. The van der Waals surface area contributed by atoms with E-state index in [4.69, 9.17) is 9.47 Å². The molecule has 5 nitrogen and oxygen atoms in total. The van der Waals surface area contributed by atoms with Gasteiger partial charge in [-0.1, -0.05) is 12.1 Å². The maximum absolute atomic E-state index is 14.4. The lowest BCUT2D eigenvalue weighted by molar-refractivity contribution is -0.139. The molecule has 0 spiro atoms. The van der Waals surface area contributed by atoms with E-state index in [0.29, 0.717) is 12.4 Å². The number of hydrogen-bond acceptors (Lipinski definition) is 4. The van der Waals surface area contributed by atoms with Gasteiger partial charge in [-0.25, -0.2) is 9.18 Å². The number of ether oxygens (including phenoxy) is 2. The standard InChI is InChI=1S/C21H21F4NO4/c1-20(2,3)30-19(28)26-7-8-29-15-10-13(12-27)9-14(11-15)16-5-4-6-17(18(16)22)21(23,24)25/h4-6,9-12H,7-8H2,1-3H3,(H,26,28). The summed E-state index contributed by atoms with van der Waals surface area (Å²) in [6.07, 6.45) is -5.02. The second kappa shape index (κ2) is 9.15. The van der Waals surface area contributed by atoms with Gasteiger partial charge in [-0.2, -0.15) is 13.2 Å². The number of halogens is 4. The molecule has 0 radical (unpaired) electrons. The summed E-state index contributed by atoms with van der Waals surface area (Å²) in [6.45, 7) is 5.20. The van der Waals surface area contributed by atoms with Gasteiger partial charge in [0.25, 0.3) is 0 Å². The largest absolute Gasteiger partial charge is 0.492 e. The Labute approximate surface area is 171 Å². The van der Waals surface area contributed by atoms with E-state index < -0.39 is 29.3 Å². The molecule has 0 saturated carbocycles. The number of alkyl halides is 3. The summed E-state index contributed by atoms with van der Waals surface area (Å²) in [6, 6.07) is 6.84. The number of hydrogen-bond donors (Lipinski definition) is 1. The Hall–Kier alpha value is -3.10. The molecule has 2 aromatic carbocycles. The summed E-state index contributed by atoms with van der Waals surface area (Å²) >= 11 is 0. The van der Waals surface area contributed by atoms with Crippen molar-refractivity contribution in [2.75, 3.05) is 13.2 Å². The molecule has 2 aromatic rings. The Morgan fingerprint density at radius 3 is 2.43 bits per heavy atom. The molecule has 0 bridgehead atoms. The topological polar surface area (TPSA) is 64.6 Å². The minimum atomic E-state index is -4.85. The van der Waals surface area contributed by atoms with Gasteiger partial charge in [-0.05, 0) is 50.6 Å². The van der Waals surface area contributed by atoms with Crippen LogP contribution >= 0.6 is 0 Å². The molecule has 1 amide bonds. The van der Waals surface area contributed by atoms with Crippen LogP contribution in [0.25, 0.3) is 11.1 Å². The predicted octanol–water partition coefficient (Wildman–Crippen LogP) is 5.23. The molecule has 0 heterocycles. The zero-order chi connectivity index (χ0) is 22.5. The van der Waals surface area contributed by atoms with Crippen molar-refractivity contribution >= 4 is 12.4 Å². The molecular formula is C21H21F4NO4. The first kappa shape index (κ1) is 23.2. The van der Waals surface area contributed by atoms with Crippen LogP contribution in [0.5, 0.6) is 5.75 Å². The average molecular weight is 427 g/mol. The number of alkyl carbamates (subject to hydrolysis) is 1. The van der Waals surface area contributed by atoms with Crippen molar-refractivity contribution in [2.45, 2.75) is 32.5 Å². The van der Waals surface area contributed by atoms with Gasteiger partial charge in [-0.3, -0.25) is 4.79 Å². The molecule has 0 aliphatic carbocycles. The third-order valence-electron chi connectivity index (χ3n) is 3.72. The Bertz CT molecular complexity index is 920. The fourth-order valence-corrected chi connectivity index (χ4v) is 2.54. The third kappa shape index (κ3) is 6.47. The van der Waals surface area contributed by atoms with Crippen LogP contribution in [0.1, 0.15) is 36.7 Å². The monoisotopic (exact) mass is 427 g/mol. The number of amides is 1. The van der Waals surface area contributed by atoms with E-state index >= 15 is 0 Å². The normalized spacial score (nSPS) is 11.7. The summed E-state index contributed by atoms with van der Waals surface area (Å²) < 4.78 is 63.9. The van der Waals surface area contributed by atoms with Gasteiger partial charge in [0.1, 0.15) is 30.1 Å². The van der Waals surface area contributed by atoms with Crippen LogP contribution in [0.2, 0.25) is 0 Å². The van der Waals surface area contributed by atoms with E-state index in [0.717, 1.165) is 6.07 Å². The van der Waals surface area contributed by atoms with Crippen LogP contribution < -0.4 is 10.1 Å². The zero-order valence-electron chi connectivity index (χ0n) is 16.6. The van der Waals surface area contributed by atoms with Crippen LogP contribution in [0, 0.1) is 5.82 Å². The molecule has 0 atom stereocenters. The zero-order valence-corrected chi connectivity index (χ0v) is 16.6. The van der Waals surface area contributed by atoms with Crippen molar-refractivity contribution in [2.24, 2.45) is 0 Å². The number of carbonyl (C=O) groups is 2. The molecule has 0 aromatic heterocycles. The fourth-order valence-electron chi connectivity index (χ4n) is 2.54. The Morgan fingerprint density at radius 2 is 1.83 bits per heavy atom. The van der Waals surface area contributed by atoms with Gasteiger partial charge in [0, 0.05) is 11.1 Å². The van der Waals surface area contributed by atoms with Gasteiger partial charge >= 0.3 is 12.3 Å². The lowest BCUT2D eigenvalue weighted by atomic mass is 9.99. The predicted molar refractivity (Wildman–Crippen MR) is 102 cm³/mol. The van der Waals surface area contributed by atoms with Crippen molar-refractivity contribution in [3.05, 3.63) is 53.3 Å². The first-order valence-electron chi connectivity index (χ1n) is 8.97. The quantitative estimate of drug-likeness (QED) is 0.390. The van der Waals surface area contributed by atoms with E-state index in [-0.39, 0.29) is 35.6 Å². The van der Waals surface area contributed by atoms with E-state index in [1.54, 1.807) is 20.8 Å². The van der Waals surface area contributed by atoms with Gasteiger partial charge in [0.05, 0.1) is 12.1 Å². The Balaban J connectivity index is 2.17. The highest BCUT2D eigenvalue weighted by atomic mass is 19.4. The molecule has 0 unspecified atom stereocenters. The number of aldehydes is 1. The second-order valence-corrected chi connectivity index (χ2v) is 7.35. The van der Waals surface area contributed by atoms with Crippen LogP contribution in [-0.4, -0.2) is 31.1 Å². The molecule has 0 aliphatic rings. The van der Waals surface area contributed by atoms with Crippen molar-refractivity contribution in [3.63, 3.8) is 0 Å². The van der Waals surface area contributed by atoms with Crippen LogP contribution in [0.15, 0.2) is 36.4 Å². The molecule has 30 heavy (non-hydrogen) atoms. The minimum absolute atomic E-state index is 0.00787. The number of rotatable bonds is 6. The molecular weight excluding hydrogens is 406 g/mol. The average Bonchev–Trinajstić information content (AvgIpc) is 2.62. The van der Waals surface area contributed by atoms with E-state index in [1.807, 2.05) is 0 Å². The van der Waals surface area contributed by atoms with Gasteiger partial charge in [0.2, 0.25) is 0 Å². The Morgan fingerprint density at radius 1 is 1.13 bits per heavy atom. The van der Waals surface area contributed by atoms with Crippen molar-refractivity contribution in [1.82, 2.24) is 5.32 Å². The van der Waals surface area contributed by atoms with Gasteiger partial charge in [-0.15, -0.1) is 0 Å².